The maximum absolute atomic E-state index is 12.6. The minimum atomic E-state index is -0.457. The van der Waals surface area contributed by atoms with Gasteiger partial charge in [0.05, 0.1) is 5.75 Å². The van der Waals surface area contributed by atoms with Crippen LogP contribution in [0.15, 0.2) is 42.5 Å². The molecule has 0 radical (unpaired) electrons. The van der Waals surface area contributed by atoms with Crippen molar-refractivity contribution in [1.82, 2.24) is 0 Å². The van der Waals surface area contributed by atoms with E-state index >= 15 is 0 Å². The zero-order valence-electron chi connectivity index (χ0n) is 16.7. The number of thioether (sulfide) groups is 1. The molecule has 0 unspecified atom stereocenters. The Bertz CT molecular complexity index is 937. The van der Waals surface area contributed by atoms with E-state index in [9.17, 15) is 9.59 Å². The summed E-state index contributed by atoms with van der Waals surface area (Å²) in [6.07, 6.45) is 0. The van der Waals surface area contributed by atoms with Gasteiger partial charge in [0, 0.05) is 22.9 Å². The van der Waals surface area contributed by atoms with Gasteiger partial charge >= 0.3 is 0 Å². The third-order valence-corrected chi connectivity index (χ3v) is 6.02. The van der Waals surface area contributed by atoms with Crippen molar-refractivity contribution in [3.63, 3.8) is 0 Å². The molecule has 2 heterocycles. The number of nitrogens with one attached hydrogen (secondary N) is 1. The lowest BCUT2D eigenvalue weighted by molar-refractivity contribution is -0.123. The average Bonchev–Trinajstić information content (AvgIpc) is 3.09. The Morgan fingerprint density at radius 1 is 1.07 bits per heavy atom. The number of rotatable bonds is 3. The summed E-state index contributed by atoms with van der Waals surface area (Å²) in [4.78, 5) is 26.6. The smallest absolute Gasteiger partial charge is 0.238 e. The van der Waals surface area contributed by atoms with Crippen LogP contribution in [0.2, 0.25) is 0 Å². The van der Waals surface area contributed by atoms with Gasteiger partial charge in [-0.3, -0.25) is 14.5 Å². The highest BCUT2D eigenvalue weighted by molar-refractivity contribution is 8.00. The Hall–Kier alpha value is -2.67. The maximum atomic E-state index is 12.6. The van der Waals surface area contributed by atoms with Gasteiger partial charge in [0.15, 0.2) is 11.5 Å². The standard InChI is InChI=1S/C22H24N2O4S/c1-22(2,3)21(26)23-15-6-4-14(5-7-15)20-24(19(25)13-29-20)16-8-9-17-18(12-16)28-11-10-27-17/h4-9,12,20H,10-11,13H2,1-3H3,(H,23,26)/t20-/m0/s1. The van der Waals surface area contributed by atoms with Crippen molar-refractivity contribution in [2.24, 2.45) is 5.41 Å². The lowest BCUT2D eigenvalue weighted by Crippen LogP contribution is -2.28. The van der Waals surface area contributed by atoms with Crippen LogP contribution in [-0.4, -0.2) is 30.8 Å². The number of benzene rings is 2. The van der Waals surface area contributed by atoms with Gasteiger partial charge < -0.3 is 14.8 Å². The molecule has 1 N–H and O–H groups in total. The summed E-state index contributed by atoms with van der Waals surface area (Å²) in [6.45, 7) is 6.67. The van der Waals surface area contributed by atoms with Crippen LogP contribution in [0.1, 0.15) is 31.7 Å². The lowest BCUT2D eigenvalue weighted by Gasteiger charge is -2.26. The SMILES string of the molecule is CC(C)(C)C(=O)Nc1ccc([C@@H]2SCC(=O)N2c2ccc3c(c2)OCCO3)cc1. The molecule has 1 fully saturated rings. The fourth-order valence-electron chi connectivity index (χ4n) is 3.18. The predicted molar refractivity (Wildman–Crippen MR) is 115 cm³/mol. The molecule has 29 heavy (non-hydrogen) atoms. The van der Waals surface area contributed by atoms with E-state index in [2.05, 4.69) is 5.32 Å². The molecule has 6 nitrogen and oxygen atoms in total. The van der Waals surface area contributed by atoms with E-state index in [-0.39, 0.29) is 17.2 Å². The third-order valence-electron chi connectivity index (χ3n) is 4.81. The van der Waals surface area contributed by atoms with Crippen LogP contribution in [0.3, 0.4) is 0 Å². The Morgan fingerprint density at radius 3 is 2.45 bits per heavy atom. The topological polar surface area (TPSA) is 67.9 Å². The molecule has 1 saturated heterocycles. The first-order valence-corrected chi connectivity index (χ1v) is 10.6. The van der Waals surface area contributed by atoms with Gasteiger partial charge in [-0.1, -0.05) is 32.9 Å². The summed E-state index contributed by atoms with van der Waals surface area (Å²) < 4.78 is 11.2. The van der Waals surface area contributed by atoms with Crippen molar-refractivity contribution in [2.45, 2.75) is 26.1 Å². The monoisotopic (exact) mass is 412 g/mol. The summed E-state index contributed by atoms with van der Waals surface area (Å²) >= 11 is 1.58. The lowest BCUT2D eigenvalue weighted by atomic mass is 9.95. The Kier molecular flexibility index (Phi) is 5.17. The Morgan fingerprint density at radius 2 is 1.76 bits per heavy atom. The quantitative estimate of drug-likeness (QED) is 0.818. The zero-order valence-corrected chi connectivity index (χ0v) is 17.5. The van der Waals surface area contributed by atoms with Gasteiger partial charge in [-0.25, -0.2) is 0 Å². The third kappa shape index (κ3) is 4.05. The summed E-state index contributed by atoms with van der Waals surface area (Å²) in [5.41, 5.74) is 2.08. The molecule has 0 aliphatic carbocycles. The van der Waals surface area contributed by atoms with Crippen molar-refractivity contribution in [1.29, 1.82) is 0 Å². The van der Waals surface area contributed by atoms with Gasteiger partial charge in [0.2, 0.25) is 11.8 Å². The van der Waals surface area contributed by atoms with Crippen molar-refractivity contribution in [3.8, 4) is 11.5 Å². The average molecular weight is 413 g/mol. The first-order valence-electron chi connectivity index (χ1n) is 9.58. The van der Waals surface area contributed by atoms with E-state index in [0.717, 1.165) is 16.9 Å². The fraction of sp³-hybridized carbons (Fsp3) is 0.364. The van der Waals surface area contributed by atoms with Gasteiger partial charge in [0.25, 0.3) is 0 Å². The zero-order chi connectivity index (χ0) is 20.6. The van der Waals surface area contributed by atoms with Crippen molar-refractivity contribution >= 4 is 35.0 Å². The summed E-state index contributed by atoms with van der Waals surface area (Å²) in [5, 5.41) is 2.80. The van der Waals surface area contributed by atoms with Crippen molar-refractivity contribution < 1.29 is 19.1 Å². The molecule has 4 rings (SSSR count). The molecular weight excluding hydrogens is 388 g/mol. The number of nitrogens with zero attached hydrogens (tertiary/aromatic N) is 1. The molecule has 1 atom stereocenters. The van der Waals surface area contributed by atoms with Crippen LogP contribution < -0.4 is 19.7 Å². The number of hydrogen-bond acceptors (Lipinski definition) is 5. The molecule has 2 aliphatic rings. The van der Waals surface area contributed by atoms with Gasteiger partial charge in [-0.05, 0) is 29.8 Å². The van der Waals surface area contributed by atoms with Crippen LogP contribution in [0.5, 0.6) is 11.5 Å². The van der Waals surface area contributed by atoms with E-state index in [0.29, 0.717) is 30.5 Å². The van der Waals surface area contributed by atoms with E-state index < -0.39 is 5.41 Å². The highest BCUT2D eigenvalue weighted by atomic mass is 32.2. The molecule has 0 bridgehead atoms. The second-order valence-electron chi connectivity index (χ2n) is 8.08. The molecule has 2 aromatic rings. The van der Waals surface area contributed by atoms with E-state index in [4.69, 9.17) is 9.47 Å². The van der Waals surface area contributed by atoms with E-state index in [1.54, 1.807) is 16.7 Å². The largest absolute Gasteiger partial charge is 0.486 e. The second-order valence-corrected chi connectivity index (χ2v) is 9.15. The number of amides is 2. The Labute approximate surface area is 174 Å². The van der Waals surface area contributed by atoms with E-state index in [1.807, 2.05) is 63.2 Å². The normalized spacial score (nSPS) is 18.7. The number of anilines is 2. The number of hydrogen-bond donors (Lipinski definition) is 1. The summed E-state index contributed by atoms with van der Waals surface area (Å²) in [6, 6.07) is 13.3. The molecule has 2 aromatic carbocycles. The molecule has 0 spiro atoms. The minimum Gasteiger partial charge on any atom is -0.486 e. The fourth-order valence-corrected chi connectivity index (χ4v) is 4.36. The van der Waals surface area contributed by atoms with Crippen LogP contribution in [0, 0.1) is 5.41 Å². The molecule has 2 aliphatic heterocycles. The molecule has 2 amide bonds. The van der Waals surface area contributed by atoms with Crippen LogP contribution in [-0.2, 0) is 9.59 Å². The highest BCUT2D eigenvalue weighted by Gasteiger charge is 2.34. The molecule has 7 heteroatoms. The Balaban J connectivity index is 1.56. The number of ether oxygens (including phenoxy) is 2. The van der Waals surface area contributed by atoms with Crippen LogP contribution in [0.25, 0.3) is 0 Å². The van der Waals surface area contributed by atoms with Crippen molar-refractivity contribution in [2.75, 3.05) is 29.2 Å². The number of fused-ring (bicyclic) bond motifs is 1. The summed E-state index contributed by atoms with van der Waals surface area (Å²) in [5.74, 6) is 1.81. The van der Waals surface area contributed by atoms with E-state index in [1.165, 1.54) is 0 Å². The molecule has 0 saturated carbocycles. The predicted octanol–water partition coefficient (Wildman–Crippen LogP) is 4.22. The van der Waals surface area contributed by atoms with Gasteiger partial charge in [-0.2, -0.15) is 0 Å². The van der Waals surface area contributed by atoms with Gasteiger partial charge in [0.1, 0.15) is 18.6 Å². The van der Waals surface area contributed by atoms with Crippen LogP contribution >= 0.6 is 11.8 Å². The first kappa shape index (κ1) is 19.6. The number of carbonyl (C=O) groups is 2. The maximum Gasteiger partial charge on any atom is 0.238 e. The molecule has 152 valence electrons. The minimum absolute atomic E-state index is 0.0337. The highest BCUT2D eigenvalue weighted by Crippen LogP contribution is 2.44. The van der Waals surface area contributed by atoms with Crippen LogP contribution in [0.4, 0.5) is 11.4 Å². The number of carbonyl (C=O) groups excluding carboxylic acids is 2. The first-order chi connectivity index (χ1) is 13.8. The molecular formula is C22H24N2O4S. The van der Waals surface area contributed by atoms with Gasteiger partial charge in [-0.15, -0.1) is 11.8 Å². The summed E-state index contributed by atoms with van der Waals surface area (Å²) in [7, 11) is 0. The second kappa shape index (κ2) is 7.63. The van der Waals surface area contributed by atoms with Crippen molar-refractivity contribution in [3.05, 3.63) is 48.0 Å². The molecule has 0 aromatic heterocycles.